The molecule has 0 bridgehead atoms. The molecule has 1 aromatic heterocycles. The Kier molecular flexibility index (Phi) is 2.03. The third-order valence-electron chi connectivity index (χ3n) is 1.17. The third kappa shape index (κ3) is 1.44. The van der Waals surface area contributed by atoms with Crippen molar-refractivity contribution >= 4 is 5.84 Å². The zero-order chi connectivity index (χ0) is 8.27. The average Bonchev–Trinajstić information content (AvgIpc) is 2.04. The summed E-state index contributed by atoms with van der Waals surface area (Å²) in [6.07, 6.45) is 1.39. The molecule has 0 saturated carbocycles. The molecule has 4 N–H and O–H groups in total. The number of aromatic nitrogens is 1. The topological polar surface area (TPSA) is 89.2 Å². The zero-order valence-corrected chi connectivity index (χ0v) is 5.57. The predicted molar refractivity (Wildman–Crippen MR) is 37.7 cm³/mol. The van der Waals surface area contributed by atoms with Crippen molar-refractivity contribution in [2.75, 3.05) is 0 Å². The van der Waals surface area contributed by atoms with Crippen molar-refractivity contribution in [1.82, 2.24) is 10.5 Å². The number of nitrogens with one attached hydrogen (secondary N) is 2. The Morgan fingerprint density at radius 2 is 2.36 bits per heavy atom. The molecule has 0 saturated heterocycles. The maximum absolute atomic E-state index is 9.01. The lowest BCUT2D eigenvalue weighted by Crippen LogP contribution is -2.18. The summed E-state index contributed by atoms with van der Waals surface area (Å²) < 4.78 is 0. The van der Waals surface area contributed by atoms with Crippen LogP contribution in [0.3, 0.4) is 0 Å². The van der Waals surface area contributed by atoms with Crippen molar-refractivity contribution in [3.8, 4) is 5.88 Å². The number of pyridine rings is 1. The standard InChI is InChI=1S/C6H7N3O2/c7-5(9-11)4-2-1-3-8-6(4)10/h1-3,11H,(H2,7,9)(H,8,10). The molecule has 0 aliphatic carbocycles. The van der Waals surface area contributed by atoms with Crippen LogP contribution in [0.25, 0.3) is 0 Å². The van der Waals surface area contributed by atoms with Crippen LogP contribution in [0.1, 0.15) is 5.56 Å². The van der Waals surface area contributed by atoms with Gasteiger partial charge in [-0.3, -0.25) is 16.1 Å². The number of aromatic hydroxyl groups is 1. The van der Waals surface area contributed by atoms with Gasteiger partial charge in [0, 0.05) is 6.20 Å². The molecule has 0 aromatic carbocycles. The number of hydroxylamine groups is 1. The van der Waals surface area contributed by atoms with Gasteiger partial charge in [0.1, 0.15) is 0 Å². The van der Waals surface area contributed by atoms with E-state index in [-0.39, 0.29) is 17.3 Å². The van der Waals surface area contributed by atoms with E-state index in [0.29, 0.717) is 0 Å². The molecule has 1 aromatic rings. The lowest BCUT2D eigenvalue weighted by molar-refractivity contribution is 0.233. The van der Waals surface area contributed by atoms with E-state index in [1.165, 1.54) is 12.3 Å². The summed E-state index contributed by atoms with van der Waals surface area (Å²) in [5.41, 5.74) is 1.77. The van der Waals surface area contributed by atoms with Gasteiger partial charge in [0.2, 0.25) is 5.88 Å². The second kappa shape index (κ2) is 2.98. The highest BCUT2D eigenvalue weighted by Gasteiger charge is 2.04. The van der Waals surface area contributed by atoms with Gasteiger partial charge in [-0.05, 0) is 12.1 Å². The van der Waals surface area contributed by atoms with Crippen molar-refractivity contribution in [1.29, 1.82) is 5.41 Å². The molecule has 1 rings (SSSR count). The predicted octanol–water partition coefficient (Wildman–Crippen LogP) is 0.0914. The van der Waals surface area contributed by atoms with E-state index in [2.05, 4.69) is 4.98 Å². The minimum absolute atomic E-state index is 0.162. The van der Waals surface area contributed by atoms with Crippen molar-refractivity contribution < 1.29 is 10.3 Å². The van der Waals surface area contributed by atoms with Crippen LogP contribution in [0.5, 0.6) is 5.88 Å². The van der Waals surface area contributed by atoms with E-state index in [4.69, 9.17) is 15.7 Å². The third-order valence-corrected chi connectivity index (χ3v) is 1.17. The summed E-state index contributed by atoms with van der Waals surface area (Å²) in [4.78, 5) is 3.51. The van der Waals surface area contributed by atoms with Crippen LogP contribution < -0.4 is 5.48 Å². The quantitative estimate of drug-likeness (QED) is 0.261. The van der Waals surface area contributed by atoms with Gasteiger partial charge in [-0.25, -0.2) is 4.98 Å². The van der Waals surface area contributed by atoms with Crippen LogP contribution in [-0.4, -0.2) is 21.1 Å². The number of amidine groups is 1. The van der Waals surface area contributed by atoms with Crippen molar-refractivity contribution in [3.63, 3.8) is 0 Å². The van der Waals surface area contributed by atoms with E-state index < -0.39 is 0 Å². The highest BCUT2D eigenvalue weighted by Crippen LogP contribution is 2.10. The van der Waals surface area contributed by atoms with Gasteiger partial charge in [0.25, 0.3) is 0 Å². The normalized spacial score (nSPS) is 9.18. The summed E-state index contributed by atoms with van der Waals surface area (Å²) in [5.74, 6) is -0.561. The molecule has 0 aliphatic heterocycles. The van der Waals surface area contributed by atoms with Crippen LogP contribution in [0.15, 0.2) is 18.3 Å². The van der Waals surface area contributed by atoms with E-state index in [1.54, 1.807) is 11.5 Å². The van der Waals surface area contributed by atoms with E-state index in [1.807, 2.05) is 0 Å². The first kappa shape index (κ1) is 7.49. The van der Waals surface area contributed by atoms with E-state index in [9.17, 15) is 0 Å². The van der Waals surface area contributed by atoms with Gasteiger partial charge in [-0.15, -0.1) is 0 Å². The number of hydrogen-bond acceptors (Lipinski definition) is 4. The first-order valence-electron chi connectivity index (χ1n) is 2.88. The maximum Gasteiger partial charge on any atom is 0.222 e. The SMILES string of the molecule is N=C(NO)c1cccnc1O. The molecule has 5 nitrogen and oxygen atoms in total. The summed E-state index contributed by atoms with van der Waals surface area (Å²) in [6, 6.07) is 3.02. The lowest BCUT2D eigenvalue weighted by Gasteiger charge is -2.01. The minimum atomic E-state index is -0.282. The molecule has 11 heavy (non-hydrogen) atoms. The monoisotopic (exact) mass is 153 g/mol. The largest absolute Gasteiger partial charge is 0.493 e. The second-order valence-corrected chi connectivity index (χ2v) is 1.86. The fourth-order valence-corrected chi connectivity index (χ4v) is 0.652. The molecule has 0 atom stereocenters. The van der Waals surface area contributed by atoms with Gasteiger partial charge in [0.15, 0.2) is 5.84 Å². The number of hydrogen-bond donors (Lipinski definition) is 4. The molecule has 1 heterocycles. The molecule has 58 valence electrons. The highest BCUT2D eigenvalue weighted by molar-refractivity contribution is 5.97. The van der Waals surface area contributed by atoms with Crippen LogP contribution in [0.4, 0.5) is 0 Å². The molecule has 0 unspecified atom stereocenters. The second-order valence-electron chi connectivity index (χ2n) is 1.86. The van der Waals surface area contributed by atoms with Gasteiger partial charge in [-0.2, -0.15) is 0 Å². The summed E-state index contributed by atoms with van der Waals surface area (Å²) in [5, 5.41) is 24.4. The van der Waals surface area contributed by atoms with E-state index in [0.717, 1.165) is 0 Å². The van der Waals surface area contributed by atoms with Crippen LogP contribution >= 0.6 is 0 Å². The maximum atomic E-state index is 9.01. The smallest absolute Gasteiger partial charge is 0.222 e. The molecule has 0 spiro atoms. The molecule has 0 aliphatic rings. The molecule has 0 radical (unpaired) electrons. The molecular formula is C6H7N3O2. The van der Waals surface area contributed by atoms with Crippen molar-refractivity contribution in [2.45, 2.75) is 0 Å². The Labute approximate surface area is 62.8 Å². The molecule has 5 heteroatoms. The summed E-state index contributed by atoms with van der Waals surface area (Å²) >= 11 is 0. The Bertz CT molecular complexity index is 274. The fourth-order valence-electron chi connectivity index (χ4n) is 0.652. The van der Waals surface area contributed by atoms with Crippen molar-refractivity contribution in [3.05, 3.63) is 23.9 Å². The Morgan fingerprint density at radius 1 is 1.64 bits per heavy atom. The van der Waals surface area contributed by atoms with Crippen LogP contribution in [0, 0.1) is 5.41 Å². The first-order valence-corrected chi connectivity index (χ1v) is 2.88. The van der Waals surface area contributed by atoms with Gasteiger partial charge in [0.05, 0.1) is 5.56 Å². The van der Waals surface area contributed by atoms with Gasteiger partial charge in [-0.1, -0.05) is 0 Å². The summed E-state index contributed by atoms with van der Waals surface area (Å²) in [6.45, 7) is 0. The molecule has 0 fully saturated rings. The average molecular weight is 153 g/mol. The fraction of sp³-hybridized carbons (Fsp3) is 0. The molecule has 0 amide bonds. The minimum Gasteiger partial charge on any atom is -0.493 e. The highest BCUT2D eigenvalue weighted by atomic mass is 16.5. The number of nitrogens with zero attached hydrogens (tertiary/aromatic N) is 1. The van der Waals surface area contributed by atoms with Crippen LogP contribution in [-0.2, 0) is 0 Å². The summed E-state index contributed by atoms with van der Waals surface area (Å²) in [7, 11) is 0. The van der Waals surface area contributed by atoms with Gasteiger partial charge >= 0.3 is 0 Å². The van der Waals surface area contributed by atoms with Gasteiger partial charge < -0.3 is 5.11 Å². The van der Waals surface area contributed by atoms with Crippen molar-refractivity contribution in [2.24, 2.45) is 0 Å². The Morgan fingerprint density at radius 3 is 2.91 bits per heavy atom. The molecular weight excluding hydrogens is 146 g/mol. The van der Waals surface area contributed by atoms with E-state index >= 15 is 0 Å². The number of rotatable bonds is 1. The zero-order valence-electron chi connectivity index (χ0n) is 5.57. The lowest BCUT2D eigenvalue weighted by atomic mass is 10.2. The first-order chi connectivity index (χ1) is 5.25. The Hall–Kier alpha value is -1.62. The Balaban J connectivity index is 3.03. The van der Waals surface area contributed by atoms with Crippen LogP contribution in [0.2, 0.25) is 0 Å².